The van der Waals surface area contributed by atoms with Crippen LogP contribution in [0, 0.1) is 0 Å². The maximum absolute atomic E-state index is 11.2. The van der Waals surface area contributed by atoms with Crippen molar-refractivity contribution < 1.29 is 9.90 Å². The SMILES string of the molecule is O=C(O)C1(c2ccc(-c3cc[nH]n3)cc2)CC1. The number of carboxylic acid groups (broad SMARTS) is 1. The summed E-state index contributed by atoms with van der Waals surface area (Å²) in [7, 11) is 0. The Kier molecular flexibility index (Phi) is 2.04. The molecule has 2 N–H and O–H groups in total. The number of aliphatic carboxylic acids is 1. The molecule has 1 aliphatic rings. The van der Waals surface area contributed by atoms with Crippen molar-refractivity contribution in [3.63, 3.8) is 0 Å². The van der Waals surface area contributed by atoms with Gasteiger partial charge in [0.15, 0.2) is 0 Å². The Morgan fingerprint density at radius 3 is 2.41 bits per heavy atom. The number of rotatable bonds is 3. The number of aromatic nitrogens is 2. The first-order valence-electron chi connectivity index (χ1n) is 5.56. The molecule has 0 spiro atoms. The third kappa shape index (κ3) is 1.53. The number of nitrogens with one attached hydrogen (secondary N) is 1. The number of H-pyrrole nitrogens is 1. The first-order valence-corrected chi connectivity index (χ1v) is 5.56. The van der Waals surface area contributed by atoms with Gasteiger partial charge >= 0.3 is 5.97 Å². The first-order chi connectivity index (χ1) is 8.22. The average molecular weight is 228 g/mol. The summed E-state index contributed by atoms with van der Waals surface area (Å²) >= 11 is 0. The van der Waals surface area contributed by atoms with E-state index in [4.69, 9.17) is 0 Å². The lowest BCUT2D eigenvalue weighted by Gasteiger charge is -2.10. The highest BCUT2D eigenvalue weighted by Gasteiger charge is 2.51. The molecule has 1 fully saturated rings. The quantitative estimate of drug-likeness (QED) is 0.846. The fourth-order valence-corrected chi connectivity index (χ4v) is 2.13. The van der Waals surface area contributed by atoms with Gasteiger partial charge in [0.2, 0.25) is 0 Å². The number of carbonyl (C=O) groups is 1. The van der Waals surface area contributed by atoms with Crippen molar-refractivity contribution >= 4 is 5.97 Å². The molecule has 17 heavy (non-hydrogen) atoms. The predicted octanol–water partition coefficient (Wildman–Crippen LogP) is 2.19. The molecular weight excluding hydrogens is 216 g/mol. The molecule has 4 nitrogen and oxygen atoms in total. The lowest BCUT2D eigenvalue weighted by atomic mass is 9.95. The van der Waals surface area contributed by atoms with Crippen molar-refractivity contribution in [1.29, 1.82) is 0 Å². The minimum absolute atomic E-state index is 0.621. The molecule has 0 unspecified atom stereocenters. The molecule has 1 aromatic carbocycles. The molecule has 86 valence electrons. The molecule has 0 bridgehead atoms. The monoisotopic (exact) mass is 228 g/mol. The molecule has 1 heterocycles. The summed E-state index contributed by atoms with van der Waals surface area (Å²) in [5.74, 6) is -0.718. The van der Waals surface area contributed by atoms with E-state index in [0.29, 0.717) is 0 Å². The Morgan fingerprint density at radius 1 is 1.24 bits per heavy atom. The van der Waals surface area contributed by atoms with E-state index in [1.54, 1.807) is 6.20 Å². The standard InChI is InChI=1S/C13H12N2O2/c16-12(17)13(6-7-13)10-3-1-9(2-4-10)11-5-8-14-15-11/h1-5,8H,6-7H2,(H,14,15)(H,16,17). The minimum atomic E-state index is -0.718. The maximum atomic E-state index is 11.2. The fraction of sp³-hybridized carbons (Fsp3) is 0.231. The van der Waals surface area contributed by atoms with Gasteiger partial charge in [0, 0.05) is 11.8 Å². The third-order valence-electron chi connectivity index (χ3n) is 3.39. The molecule has 1 aromatic heterocycles. The van der Waals surface area contributed by atoms with Gasteiger partial charge in [0.05, 0.1) is 11.1 Å². The number of aromatic amines is 1. The van der Waals surface area contributed by atoms with E-state index in [2.05, 4.69) is 10.2 Å². The molecule has 0 amide bonds. The van der Waals surface area contributed by atoms with E-state index in [0.717, 1.165) is 29.7 Å². The Balaban J connectivity index is 1.94. The molecule has 0 aliphatic heterocycles. The zero-order valence-electron chi connectivity index (χ0n) is 9.18. The number of carboxylic acids is 1. The number of benzene rings is 1. The van der Waals surface area contributed by atoms with E-state index in [9.17, 15) is 9.90 Å². The zero-order valence-corrected chi connectivity index (χ0v) is 9.18. The zero-order chi connectivity index (χ0) is 11.9. The number of hydrogen-bond acceptors (Lipinski definition) is 2. The topological polar surface area (TPSA) is 66.0 Å². The van der Waals surface area contributed by atoms with Crippen LogP contribution in [-0.4, -0.2) is 21.3 Å². The second-order valence-corrected chi connectivity index (χ2v) is 4.42. The van der Waals surface area contributed by atoms with Crippen LogP contribution in [0.1, 0.15) is 18.4 Å². The summed E-state index contributed by atoms with van der Waals surface area (Å²) in [6.45, 7) is 0. The van der Waals surface area contributed by atoms with Gasteiger partial charge in [-0.05, 0) is 24.5 Å². The van der Waals surface area contributed by atoms with Crippen molar-refractivity contribution in [2.24, 2.45) is 0 Å². The van der Waals surface area contributed by atoms with E-state index in [-0.39, 0.29) is 0 Å². The van der Waals surface area contributed by atoms with E-state index < -0.39 is 11.4 Å². The Labute approximate surface area is 98.3 Å². The Hall–Kier alpha value is -2.10. The van der Waals surface area contributed by atoms with Crippen LogP contribution in [0.4, 0.5) is 0 Å². The van der Waals surface area contributed by atoms with Gasteiger partial charge in [-0.15, -0.1) is 0 Å². The highest BCUT2D eigenvalue weighted by Crippen LogP contribution is 2.48. The van der Waals surface area contributed by atoms with Crippen LogP contribution < -0.4 is 0 Å². The van der Waals surface area contributed by atoms with Crippen LogP contribution in [-0.2, 0) is 10.2 Å². The number of nitrogens with zero attached hydrogens (tertiary/aromatic N) is 1. The van der Waals surface area contributed by atoms with Gasteiger partial charge in [-0.3, -0.25) is 9.89 Å². The van der Waals surface area contributed by atoms with Gasteiger partial charge < -0.3 is 5.11 Å². The van der Waals surface area contributed by atoms with E-state index in [1.165, 1.54) is 0 Å². The summed E-state index contributed by atoms with van der Waals surface area (Å²) in [5, 5.41) is 16.0. The molecule has 3 rings (SSSR count). The second kappa shape index (κ2) is 3.45. The molecule has 0 saturated heterocycles. The highest BCUT2D eigenvalue weighted by molar-refractivity contribution is 5.85. The third-order valence-corrected chi connectivity index (χ3v) is 3.39. The van der Waals surface area contributed by atoms with Crippen molar-refractivity contribution in [2.75, 3.05) is 0 Å². The molecule has 2 aromatic rings. The summed E-state index contributed by atoms with van der Waals surface area (Å²) in [6, 6.07) is 9.53. The predicted molar refractivity (Wildman–Crippen MR) is 62.6 cm³/mol. The summed E-state index contributed by atoms with van der Waals surface area (Å²) in [5.41, 5.74) is 2.14. The minimum Gasteiger partial charge on any atom is -0.481 e. The van der Waals surface area contributed by atoms with Crippen molar-refractivity contribution in [2.45, 2.75) is 18.3 Å². The second-order valence-electron chi connectivity index (χ2n) is 4.42. The Morgan fingerprint density at radius 2 is 1.94 bits per heavy atom. The van der Waals surface area contributed by atoms with Crippen LogP contribution in [0.5, 0.6) is 0 Å². The van der Waals surface area contributed by atoms with Crippen molar-refractivity contribution in [1.82, 2.24) is 10.2 Å². The smallest absolute Gasteiger partial charge is 0.314 e. The maximum Gasteiger partial charge on any atom is 0.314 e. The normalized spacial score (nSPS) is 16.7. The van der Waals surface area contributed by atoms with Crippen LogP contribution in [0.3, 0.4) is 0 Å². The van der Waals surface area contributed by atoms with Crippen molar-refractivity contribution in [3.8, 4) is 11.3 Å². The van der Waals surface area contributed by atoms with Gasteiger partial charge in [-0.2, -0.15) is 5.10 Å². The molecule has 0 atom stereocenters. The van der Waals surface area contributed by atoms with Crippen molar-refractivity contribution in [3.05, 3.63) is 42.1 Å². The molecule has 0 radical (unpaired) electrons. The lowest BCUT2D eigenvalue weighted by molar-refractivity contribution is -0.140. The summed E-state index contributed by atoms with van der Waals surface area (Å²) in [6.07, 6.45) is 3.25. The molecule has 1 saturated carbocycles. The molecular formula is C13H12N2O2. The average Bonchev–Trinajstić information content (AvgIpc) is 2.98. The first kappa shape index (κ1) is 10.1. The largest absolute Gasteiger partial charge is 0.481 e. The van der Waals surface area contributed by atoms with Gasteiger partial charge in [-0.25, -0.2) is 0 Å². The molecule has 1 aliphatic carbocycles. The number of hydrogen-bond donors (Lipinski definition) is 2. The van der Waals surface area contributed by atoms with Gasteiger partial charge in [-0.1, -0.05) is 24.3 Å². The van der Waals surface area contributed by atoms with E-state index >= 15 is 0 Å². The van der Waals surface area contributed by atoms with E-state index in [1.807, 2.05) is 30.3 Å². The van der Waals surface area contributed by atoms with Crippen LogP contribution >= 0.6 is 0 Å². The van der Waals surface area contributed by atoms with Crippen LogP contribution in [0.25, 0.3) is 11.3 Å². The van der Waals surface area contributed by atoms with Gasteiger partial charge in [0.25, 0.3) is 0 Å². The van der Waals surface area contributed by atoms with Gasteiger partial charge in [0.1, 0.15) is 0 Å². The fourth-order valence-electron chi connectivity index (χ4n) is 2.13. The summed E-state index contributed by atoms with van der Waals surface area (Å²) < 4.78 is 0. The molecule has 4 heteroatoms. The van der Waals surface area contributed by atoms with Crippen LogP contribution in [0.2, 0.25) is 0 Å². The summed E-state index contributed by atoms with van der Waals surface area (Å²) in [4.78, 5) is 11.2. The lowest BCUT2D eigenvalue weighted by Crippen LogP contribution is -2.19. The highest BCUT2D eigenvalue weighted by atomic mass is 16.4. The Bertz CT molecular complexity index is 539. The van der Waals surface area contributed by atoms with Crippen LogP contribution in [0.15, 0.2) is 36.5 Å².